The van der Waals surface area contributed by atoms with Crippen LogP contribution in [0.5, 0.6) is 0 Å². The minimum Gasteiger partial charge on any atom is -0.355 e. The van der Waals surface area contributed by atoms with E-state index in [1.807, 2.05) is 12.1 Å². The number of rotatable bonds is 6. The van der Waals surface area contributed by atoms with Gasteiger partial charge in [-0.1, -0.05) is 0 Å². The van der Waals surface area contributed by atoms with Gasteiger partial charge in [0.05, 0.1) is 11.3 Å². The molecule has 2 N–H and O–H groups in total. The van der Waals surface area contributed by atoms with Crippen molar-refractivity contribution in [1.82, 2.24) is 20.1 Å². The molecular formula is C26H29FN6O3. The van der Waals surface area contributed by atoms with Gasteiger partial charge >= 0.3 is 0 Å². The molecule has 2 amide bonds. The molecule has 0 aliphatic carbocycles. The number of halogens is 1. The number of Topliss-reactive ketones (excluding diaryl/α,β-unsaturated/α-hetero) is 1. The third kappa shape index (κ3) is 4.98. The molecule has 188 valence electrons. The molecule has 3 aromatic rings. The van der Waals surface area contributed by atoms with Crippen molar-refractivity contribution in [3.8, 4) is 0 Å². The van der Waals surface area contributed by atoms with E-state index in [9.17, 15) is 18.8 Å². The Bertz CT molecular complexity index is 1310. The standard InChI is InChI=1S/C26H29FN6O3/c1-15-14-19(7-8-20(15)27)30-25(35)22-16(2)23(32(4)17(22)3)24(34)26(36)29-18-9-12-33(13-10-18)21-6-5-11-28-31-21/h5-8,11,14,18H,9-10,12-13H2,1-4H3,(H,29,36)(H,30,35). The molecule has 1 aliphatic heterocycles. The van der Waals surface area contributed by atoms with Crippen LogP contribution in [0.4, 0.5) is 15.9 Å². The van der Waals surface area contributed by atoms with Gasteiger partial charge < -0.3 is 20.1 Å². The molecule has 1 aromatic carbocycles. The van der Waals surface area contributed by atoms with Crippen LogP contribution in [0, 0.1) is 26.6 Å². The van der Waals surface area contributed by atoms with E-state index >= 15 is 0 Å². The maximum absolute atomic E-state index is 13.6. The van der Waals surface area contributed by atoms with Crippen LogP contribution in [0.25, 0.3) is 0 Å². The van der Waals surface area contributed by atoms with E-state index in [1.54, 1.807) is 38.6 Å². The third-order valence-corrected chi connectivity index (χ3v) is 6.71. The van der Waals surface area contributed by atoms with E-state index in [1.165, 1.54) is 18.2 Å². The van der Waals surface area contributed by atoms with E-state index in [-0.39, 0.29) is 17.6 Å². The van der Waals surface area contributed by atoms with Crippen LogP contribution >= 0.6 is 0 Å². The average Bonchev–Trinajstić information content (AvgIpc) is 3.09. The Morgan fingerprint density at radius 1 is 1.08 bits per heavy atom. The van der Waals surface area contributed by atoms with Crippen LogP contribution in [0.2, 0.25) is 0 Å². The summed E-state index contributed by atoms with van der Waals surface area (Å²) < 4.78 is 15.1. The highest BCUT2D eigenvalue weighted by molar-refractivity contribution is 6.43. The fourth-order valence-electron chi connectivity index (χ4n) is 4.62. The average molecular weight is 493 g/mol. The Hall–Kier alpha value is -4.08. The zero-order valence-electron chi connectivity index (χ0n) is 20.8. The van der Waals surface area contributed by atoms with Crippen LogP contribution in [0.1, 0.15) is 50.5 Å². The quantitative estimate of drug-likeness (QED) is 0.404. The lowest BCUT2D eigenvalue weighted by atomic mass is 10.0. The molecule has 0 bridgehead atoms. The number of nitrogens with one attached hydrogen (secondary N) is 2. The number of ketones is 1. The van der Waals surface area contributed by atoms with Crippen LogP contribution in [-0.4, -0.2) is 51.5 Å². The molecule has 1 aliphatic rings. The molecule has 0 unspecified atom stereocenters. The highest BCUT2D eigenvalue weighted by Gasteiger charge is 2.30. The highest BCUT2D eigenvalue weighted by Crippen LogP contribution is 2.24. The van der Waals surface area contributed by atoms with Crippen molar-refractivity contribution in [2.24, 2.45) is 7.05 Å². The van der Waals surface area contributed by atoms with Gasteiger partial charge in [-0.25, -0.2) is 4.39 Å². The number of anilines is 2. The molecule has 10 heteroatoms. The van der Waals surface area contributed by atoms with Crippen molar-refractivity contribution in [3.05, 3.63) is 70.4 Å². The Morgan fingerprint density at radius 2 is 1.81 bits per heavy atom. The molecule has 0 radical (unpaired) electrons. The van der Waals surface area contributed by atoms with E-state index in [0.29, 0.717) is 54.0 Å². The fourth-order valence-corrected chi connectivity index (χ4v) is 4.62. The van der Waals surface area contributed by atoms with Crippen molar-refractivity contribution in [3.63, 3.8) is 0 Å². The van der Waals surface area contributed by atoms with Gasteiger partial charge in [0.1, 0.15) is 5.82 Å². The molecule has 2 aromatic heterocycles. The lowest BCUT2D eigenvalue weighted by Gasteiger charge is -2.32. The summed E-state index contributed by atoms with van der Waals surface area (Å²) in [7, 11) is 1.65. The number of carbonyl (C=O) groups excluding carboxylic acids is 3. The van der Waals surface area contributed by atoms with Crippen molar-refractivity contribution in [2.75, 3.05) is 23.3 Å². The lowest BCUT2D eigenvalue weighted by molar-refractivity contribution is -0.117. The number of benzene rings is 1. The largest absolute Gasteiger partial charge is 0.355 e. The number of amides is 2. The first-order chi connectivity index (χ1) is 17.2. The summed E-state index contributed by atoms with van der Waals surface area (Å²) in [6.45, 7) is 6.35. The molecule has 1 fully saturated rings. The van der Waals surface area contributed by atoms with Crippen molar-refractivity contribution < 1.29 is 18.8 Å². The van der Waals surface area contributed by atoms with E-state index in [2.05, 4.69) is 25.7 Å². The summed E-state index contributed by atoms with van der Waals surface area (Å²) >= 11 is 0. The minimum absolute atomic E-state index is 0.138. The fraction of sp³-hybridized carbons (Fsp3) is 0.346. The summed E-state index contributed by atoms with van der Waals surface area (Å²) in [5.41, 5.74) is 2.31. The minimum atomic E-state index is -0.697. The highest BCUT2D eigenvalue weighted by atomic mass is 19.1. The molecular weight excluding hydrogens is 463 g/mol. The van der Waals surface area contributed by atoms with Crippen LogP contribution < -0.4 is 15.5 Å². The van der Waals surface area contributed by atoms with Gasteiger partial charge in [0.25, 0.3) is 17.6 Å². The van der Waals surface area contributed by atoms with Crippen molar-refractivity contribution in [1.29, 1.82) is 0 Å². The second-order valence-corrected chi connectivity index (χ2v) is 9.06. The summed E-state index contributed by atoms with van der Waals surface area (Å²) in [5.74, 6) is -1.39. The maximum atomic E-state index is 13.6. The molecule has 0 saturated carbocycles. The molecule has 0 atom stereocenters. The number of piperidine rings is 1. The Morgan fingerprint density at radius 3 is 2.44 bits per heavy atom. The molecule has 1 saturated heterocycles. The van der Waals surface area contributed by atoms with Gasteiger partial charge in [-0.3, -0.25) is 14.4 Å². The van der Waals surface area contributed by atoms with Gasteiger partial charge in [0, 0.05) is 43.8 Å². The Kier molecular flexibility index (Phi) is 7.14. The number of aromatic nitrogens is 3. The lowest BCUT2D eigenvalue weighted by Crippen LogP contribution is -2.47. The zero-order chi connectivity index (χ0) is 26.0. The first kappa shape index (κ1) is 25.0. The zero-order valence-corrected chi connectivity index (χ0v) is 20.8. The van der Waals surface area contributed by atoms with Gasteiger partial charge in [0.15, 0.2) is 5.82 Å². The van der Waals surface area contributed by atoms with Crippen molar-refractivity contribution in [2.45, 2.75) is 39.7 Å². The van der Waals surface area contributed by atoms with Gasteiger partial charge in [-0.15, -0.1) is 5.10 Å². The van der Waals surface area contributed by atoms with Gasteiger partial charge in [-0.2, -0.15) is 5.10 Å². The van der Waals surface area contributed by atoms with Crippen molar-refractivity contribution >= 4 is 29.1 Å². The molecule has 0 spiro atoms. The maximum Gasteiger partial charge on any atom is 0.294 e. The topological polar surface area (TPSA) is 109 Å². The summed E-state index contributed by atoms with van der Waals surface area (Å²) in [5, 5.41) is 13.6. The van der Waals surface area contributed by atoms with Crippen LogP contribution in [0.15, 0.2) is 36.5 Å². The molecule has 3 heterocycles. The number of nitrogens with zero attached hydrogens (tertiary/aromatic N) is 4. The SMILES string of the molecule is Cc1cc(NC(=O)c2c(C)c(C(=O)C(=O)NC3CCN(c4cccnn4)CC3)n(C)c2C)ccc1F. The summed E-state index contributed by atoms with van der Waals surface area (Å²) in [6, 6.07) is 7.88. The smallest absolute Gasteiger partial charge is 0.294 e. The first-order valence-electron chi connectivity index (χ1n) is 11.8. The van der Waals surface area contributed by atoms with Gasteiger partial charge in [-0.05, 0) is 75.1 Å². The first-order valence-corrected chi connectivity index (χ1v) is 11.8. The normalized spacial score (nSPS) is 14.0. The number of hydrogen-bond donors (Lipinski definition) is 2. The molecule has 4 rings (SSSR count). The van der Waals surface area contributed by atoms with Crippen LogP contribution in [-0.2, 0) is 11.8 Å². The van der Waals surface area contributed by atoms with E-state index in [0.717, 1.165) is 5.82 Å². The van der Waals surface area contributed by atoms with E-state index in [4.69, 9.17) is 0 Å². The number of hydrogen-bond acceptors (Lipinski definition) is 6. The second kappa shape index (κ2) is 10.3. The summed E-state index contributed by atoms with van der Waals surface area (Å²) in [4.78, 5) is 41.1. The molecule has 9 nitrogen and oxygen atoms in total. The predicted molar refractivity (Wildman–Crippen MR) is 134 cm³/mol. The predicted octanol–water partition coefficient (Wildman–Crippen LogP) is 3.10. The second-order valence-electron chi connectivity index (χ2n) is 9.06. The summed E-state index contributed by atoms with van der Waals surface area (Å²) in [6.07, 6.45) is 2.96. The van der Waals surface area contributed by atoms with Crippen LogP contribution in [0.3, 0.4) is 0 Å². The Balaban J connectivity index is 1.44. The van der Waals surface area contributed by atoms with Gasteiger partial charge in [0.2, 0.25) is 0 Å². The third-order valence-electron chi connectivity index (χ3n) is 6.71. The number of aryl methyl sites for hydroxylation is 1. The number of carbonyl (C=O) groups is 3. The monoisotopic (exact) mass is 492 g/mol. The Labute approximate surface area is 208 Å². The van der Waals surface area contributed by atoms with E-state index < -0.39 is 17.6 Å². The molecule has 36 heavy (non-hydrogen) atoms.